The topological polar surface area (TPSA) is 73.6 Å². The molecule has 2 aromatic rings. The van der Waals surface area contributed by atoms with Crippen LogP contribution in [0.25, 0.3) is 0 Å². The van der Waals surface area contributed by atoms with Crippen molar-refractivity contribution in [3.8, 4) is 11.5 Å². The van der Waals surface area contributed by atoms with E-state index in [1.54, 1.807) is 13.0 Å². The summed E-state index contributed by atoms with van der Waals surface area (Å²) in [6.45, 7) is 1.77. The third kappa shape index (κ3) is 3.72. The first-order valence-electron chi connectivity index (χ1n) is 7.73. The van der Waals surface area contributed by atoms with Crippen LogP contribution in [0.4, 0.5) is 18.9 Å². The number of halogens is 3. The average molecular weight is 368 g/mol. The van der Waals surface area contributed by atoms with Gasteiger partial charge in [0.1, 0.15) is 0 Å². The van der Waals surface area contributed by atoms with Gasteiger partial charge in [-0.3, -0.25) is 10.1 Å². The molecule has 9 heteroatoms. The highest BCUT2D eigenvalue weighted by Gasteiger charge is 2.30. The molecule has 0 amide bonds. The van der Waals surface area contributed by atoms with Crippen molar-refractivity contribution in [3.05, 3.63) is 63.2 Å². The van der Waals surface area contributed by atoms with Crippen molar-refractivity contribution in [2.24, 2.45) is 0 Å². The monoisotopic (exact) mass is 368 g/mol. The van der Waals surface area contributed by atoms with E-state index in [1.807, 2.05) is 0 Å². The molecule has 0 fully saturated rings. The van der Waals surface area contributed by atoms with Gasteiger partial charge in [-0.15, -0.1) is 0 Å². The van der Waals surface area contributed by atoms with E-state index in [0.29, 0.717) is 22.6 Å². The zero-order chi connectivity index (χ0) is 18.9. The zero-order valence-electron chi connectivity index (χ0n) is 13.7. The second kappa shape index (κ2) is 6.83. The Labute approximate surface area is 146 Å². The molecule has 2 aromatic carbocycles. The number of fused-ring (bicyclic) bond motifs is 1. The number of hydrogen-bond donors (Lipinski definition) is 1. The van der Waals surface area contributed by atoms with Crippen molar-refractivity contribution in [2.45, 2.75) is 25.7 Å². The summed E-state index contributed by atoms with van der Waals surface area (Å²) >= 11 is 0. The molecule has 1 N–H and O–H groups in total. The maximum absolute atomic E-state index is 12.8. The molecule has 138 valence electrons. The van der Waals surface area contributed by atoms with Gasteiger partial charge in [0.25, 0.3) is 5.69 Å². The summed E-state index contributed by atoms with van der Waals surface area (Å²) in [7, 11) is 0. The Morgan fingerprint density at radius 1 is 1.23 bits per heavy atom. The standard InChI is InChI=1S/C17H15F3N2O4/c1-10(11-3-2-4-13(5-11)17(18,19)20)21-8-12-6-15-16(26-9-25-15)7-14(12)22(23)24/h2-7,10,21H,8-9H2,1H3/t10-/m0/s1. The number of benzene rings is 2. The number of rotatable bonds is 5. The first-order chi connectivity index (χ1) is 12.3. The van der Waals surface area contributed by atoms with Crippen molar-refractivity contribution in [3.63, 3.8) is 0 Å². The molecule has 6 nitrogen and oxygen atoms in total. The van der Waals surface area contributed by atoms with Crippen LogP contribution in [0.3, 0.4) is 0 Å². The Kier molecular flexibility index (Phi) is 4.73. The molecule has 0 unspecified atom stereocenters. The number of nitrogens with one attached hydrogen (secondary N) is 1. The first kappa shape index (κ1) is 18.0. The van der Waals surface area contributed by atoms with Crippen LogP contribution in [0.2, 0.25) is 0 Å². The van der Waals surface area contributed by atoms with Gasteiger partial charge in [-0.05, 0) is 30.7 Å². The zero-order valence-corrected chi connectivity index (χ0v) is 13.7. The third-order valence-corrected chi connectivity index (χ3v) is 4.08. The van der Waals surface area contributed by atoms with E-state index in [-0.39, 0.29) is 19.0 Å². The van der Waals surface area contributed by atoms with Gasteiger partial charge in [0.2, 0.25) is 6.79 Å². The van der Waals surface area contributed by atoms with Gasteiger partial charge in [-0.1, -0.05) is 12.1 Å². The van der Waals surface area contributed by atoms with Crippen LogP contribution in [0.15, 0.2) is 36.4 Å². The lowest BCUT2D eigenvalue weighted by molar-refractivity contribution is -0.385. The molecule has 26 heavy (non-hydrogen) atoms. The molecule has 0 radical (unpaired) electrons. The predicted molar refractivity (Wildman–Crippen MR) is 85.9 cm³/mol. The molecule has 0 aliphatic carbocycles. The summed E-state index contributed by atoms with van der Waals surface area (Å²) in [5.74, 6) is 0.700. The number of nitro benzene ring substituents is 1. The fourth-order valence-corrected chi connectivity index (χ4v) is 2.65. The summed E-state index contributed by atoms with van der Waals surface area (Å²) in [5, 5.41) is 14.3. The van der Waals surface area contributed by atoms with Gasteiger partial charge >= 0.3 is 6.18 Å². The molecule has 0 aromatic heterocycles. The van der Waals surface area contributed by atoms with E-state index >= 15 is 0 Å². The minimum absolute atomic E-state index is 0.00991. The normalized spacial score (nSPS) is 14.3. The summed E-state index contributed by atoms with van der Waals surface area (Å²) in [6.07, 6.45) is -4.42. The highest BCUT2D eigenvalue weighted by atomic mass is 19.4. The Morgan fingerprint density at radius 2 is 1.92 bits per heavy atom. The molecule has 1 atom stereocenters. The summed E-state index contributed by atoms with van der Waals surface area (Å²) in [6, 6.07) is 7.31. The minimum Gasteiger partial charge on any atom is -0.454 e. The molecule has 0 spiro atoms. The lowest BCUT2D eigenvalue weighted by atomic mass is 10.0. The van der Waals surface area contributed by atoms with Crippen LogP contribution in [-0.4, -0.2) is 11.7 Å². The smallest absolute Gasteiger partial charge is 0.416 e. The fourth-order valence-electron chi connectivity index (χ4n) is 2.65. The quantitative estimate of drug-likeness (QED) is 0.633. The van der Waals surface area contributed by atoms with Gasteiger partial charge in [0, 0.05) is 18.2 Å². The number of hydrogen-bond acceptors (Lipinski definition) is 5. The average Bonchev–Trinajstić information content (AvgIpc) is 3.05. The molecule has 1 heterocycles. The van der Waals surface area contributed by atoms with E-state index in [9.17, 15) is 23.3 Å². The Bertz CT molecular complexity index is 839. The number of nitrogens with zero attached hydrogens (tertiary/aromatic N) is 1. The predicted octanol–water partition coefficient (Wildman–Crippen LogP) is 4.19. The SMILES string of the molecule is C[C@H](NCc1cc2c(cc1[N+](=O)[O-])OCO2)c1cccc(C(F)(F)F)c1. The maximum Gasteiger partial charge on any atom is 0.416 e. The van der Waals surface area contributed by atoms with Crippen LogP contribution in [0.5, 0.6) is 11.5 Å². The van der Waals surface area contributed by atoms with E-state index < -0.39 is 22.7 Å². The van der Waals surface area contributed by atoms with Gasteiger partial charge in [-0.25, -0.2) is 0 Å². The Morgan fingerprint density at radius 3 is 2.58 bits per heavy atom. The highest BCUT2D eigenvalue weighted by Crippen LogP contribution is 2.38. The molecular formula is C17H15F3N2O4. The van der Waals surface area contributed by atoms with Crippen LogP contribution < -0.4 is 14.8 Å². The number of ether oxygens (including phenoxy) is 2. The van der Waals surface area contributed by atoms with Crippen molar-refractivity contribution >= 4 is 5.69 Å². The molecule has 0 bridgehead atoms. The largest absolute Gasteiger partial charge is 0.454 e. The second-order valence-electron chi connectivity index (χ2n) is 5.82. The van der Waals surface area contributed by atoms with E-state index in [1.165, 1.54) is 18.2 Å². The summed E-state index contributed by atoms with van der Waals surface area (Å²) in [5.41, 5.74) is -0.0861. The van der Waals surface area contributed by atoms with Crippen LogP contribution >= 0.6 is 0 Å². The van der Waals surface area contributed by atoms with Gasteiger partial charge in [0.05, 0.1) is 16.6 Å². The fraction of sp³-hybridized carbons (Fsp3) is 0.294. The van der Waals surface area contributed by atoms with Gasteiger partial charge in [0.15, 0.2) is 11.5 Å². The van der Waals surface area contributed by atoms with Crippen molar-refractivity contribution in [1.82, 2.24) is 5.32 Å². The number of nitro groups is 1. The molecule has 0 saturated heterocycles. The molecule has 1 aliphatic heterocycles. The lowest BCUT2D eigenvalue weighted by Gasteiger charge is -2.16. The van der Waals surface area contributed by atoms with E-state index in [0.717, 1.165) is 12.1 Å². The van der Waals surface area contributed by atoms with E-state index in [2.05, 4.69) is 5.32 Å². The molecule has 0 saturated carbocycles. The van der Waals surface area contributed by atoms with Crippen LogP contribution in [-0.2, 0) is 12.7 Å². The van der Waals surface area contributed by atoms with Gasteiger partial charge < -0.3 is 14.8 Å². The minimum atomic E-state index is -4.42. The highest BCUT2D eigenvalue weighted by molar-refractivity contribution is 5.55. The molecular weight excluding hydrogens is 353 g/mol. The number of alkyl halides is 3. The van der Waals surface area contributed by atoms with E-state index in [4.69, 9.17) is 9.47 Å². The second-order valence-corrected chi connectivity index (χ2v) is 5.82. The first-order valence-corrected chi connectivity index (χ1v) is 7.73. The van der Waals surface area contributed by atoms with Crippen molar-refractivity contribution in [1.29, 1.82) is 0 Å². The van der Waals surface area contributed by atoms with Gasteiger partial charge in [-0.2, -0.15) is 13.2 Å². The summed E-state index contributed by atoms with van der Waals surface area (Å²) in [4.78, 5) is 10.7. The van der Waals surface area contributed by atoms with Crippen molar-refractivity contribution in [2.75, 3.05) is 6.79 Å². The third-order valence-electron chi connectivity index (χ3n) is 4.08. The lowest BCUT2D eigenvalue weighted by Crippen LogP contribution is -2.19. The maximum atomic E-state index is 12.8. The van der Waals surface area contributed by atoms with Crippen LogP contribution in [0, 0.1) is 10.1 Å². The summed E-state index contributed by atoms with van der Waals surface area (Å²) < 4.78 is 48.8. The van der Waals surface area contributed by atoms with Crippen molar-refractivity contribution < 1.29 is 27.6 Å². The Balaban J connectivity index is 1.78. The molecule has 3 rings (SSSR count). The Hall–Kier alpha value is -2.81. The molecule has 1 aliphatic rings. The van der Waals surface area contributed by atoms with Crippen LogP contribution in [0.1, 0.15) is 29.7 Å².